The molecule has 14 heavy (non-hydrogen) atoms. The molecular formula is C7H12N6O. The van der Waals surface area contributed by atoms with Crippen LogP contribution in [0.15, 0.2) is 6.33 Å². The summed E-state index contributed by atoms with van der Waals surface area (Å²) in [5.74, 6) is 1.10. The van der Waals surface area contributed by atoms with E-state index in [4.69, 9.17) is 10.5 Å². The van der Waals surface area contributed by atoms with Gasteiger partial charge in [-0.1, -0.05) is 0 Å². The van der Waals surface area contributed by atoms with Gasteiger partial charge in [0.05, 0.1) is 0 Å². The number of aromatic nitrogens is 2. The number of fused-ring (bicyclic) bond motifs is 1. The fraction of sp³-hybridized carbons (Fsp3) is 0.429. The van der Waals surface area contributed by atoms with Crippen molar-refractivity contribution in [1.29, 1.82) is 0 Å². The first-order valence-corrected chi connectivity index (χ1v) is 4.18. The van der Waals surface area contributed by atoms with E-state index in [1.807, 2.05) is 6.92 Å². The molecule has 1 aliphatic heterocycles. The van der Waals surface area contributed by atoms with Gasteiger partial charge < -0.3 is 10.5 Å². The highest BCUT2D eigenvalue weighted by Crippen LogP contribution is 2.30. The number of rotatable bonds is 2. The molecule has 1 atom stereocenters. The number of hydrogen-bond acceptors (Lipinski definition) is 7. The van der Waals surface area contributed by atoms with Crippen molar-refractivity contribution in [3.8, 4) is 0 Å². The number of nitrogens with one attached hydrogen (secondary N) is 2. The normalized spacial score (nSPS) is 16.3. The number of nitrogens with zero attached hydrogens (tertiary/aromatic N) is 3. The molecule has 0 radical (unpaired) electrons. The third-order valence-corrected chi connectivity index (χ3v) is 2.09. The standard InChI is InChI=1S/C7H12N6O/c1-4(14-2)13-7-5(11-12-13)6(8)9-3-10-7/h3-4,11-12H,1-2H3,(H2,8,9,10)/t4-/m1/s1. The molecule has 0 bridgehead atoms. The van der Waals surface area contributed by atoms with Crippen molar-refractivity contribution in [2.45, 2.75) is 13.2 Å². The number of nitrogen functional groups attached to an aromatic ring is 1. The Balaban J connectivity index is 2.35. The highest BCUT2D eigenvalue weighted by molar-refractivity contribution is 5.78. The summed E-state index contributed by atoms with van der Waals surface area (Å²) in [4.78, 5) is 7.97. The lowest BCUT2D eigenvalue weighted by Gasteiger charge is -2.22. The fourth-order valence-electron chi connectivity index (χ4n) is 1.23. The van der Waals surface area contributed by atoms with E-state index in [2.05, 4.69) is 20.9 Å². The second-order valence-corrected chi connectivity index (χ2v) is 2.90. The van der Waals surface area contributed by atoms with Crippen LogP contribution in [0.5, 0.6) is 0 Å². The first-order chi connectivity index (χ1) is 6.74. The molecule has 0 aliphatic carbocycles. The third-order valence-electron chi connectivity index (χ3n) is 2.09. The van der Waals surface area contributed by atoms with Crippen molar-refractivity contribution < 1.29 is 4.74 Å². The minimum atomic E-state index is -0.141. The summed E-state index contributed by atoms with van der Waals surface area (Å²) < 4.78 is 5.15. The number of hydrazine groups is 2. The van der Waals surface area contributed by atoms with E-state index in [-0.39, 0.29) is 6.23 Å². The maximum absolute atomic E-state index is 5.65. The molecule has 0 spiro atoms. The van der Waals surface area contributed by atoms with Crippen molar-refractivity contribution in [1.82, 2.24) is 15.5 Å². The lowest BCUT2D eigenvalue weighted by Crippen LogP contribution is -2.43. The maximum atomic E-state index is 5.65. The van der Waals surface area contributed by atoms with E-state index in [1.165, 1.54) is 6.33 Å². The van der Waals surface area contributed by atoms with Crippen molar-refractivity contribution in [2.24, 2.45) is 0 Å². The summed E-state index contributed by atoms with van der Waals surface area (Å²) in [6, 6.07) is 0. The first-order valence-electron chi connectivity index (χ1n) is 4.18. The molecule has 76 valence electrons. The quantitative estimate of drug-likeness (QED) is 0.598. The van der Waals surface area contributed by atoms with E-state index in [0.717, 1.165) is 0 Å². The minimum absolute atomic E-state index is 0.141. The van der Waals surface area contributed by atoms with E-state index in [9.17, 15) is 0 Å². The number of hydrogen-bond donors (Lipinski definition) is 3. The van der Waals surface area contributed by atoms with Crippen LogP contribution in [0, 0.1) is 0 Å². The Bertz CT molecular complexity index is 343. The molecule has 4 N–H and O–H groups in total. The Kier molecular flexibility index (Phi) is 2.10. The van der Waals surface area contributed by atoms with Crippen LogP contribution in [0.3, 0.4) is 0 Å². The Morgan fingerprint density at radius 1 is 1.57 bits per heavy atom. The summed E-state index contributed by atoms with van der Waals surface area (Å²) >= 11 is 0. The summed E-state index contributed by atoms with van der Waals surface area (Å²) in [5, 5.41) is 1.73. The van der Waals surface area contributed by atoms with Crippen molar-refractivity contribution in [2.75, 3.05) is 23.3 Å². The number of methoxy groups -OCH3 is 1. The van der Waals surface area contributed by atoms with Gasteiger partial charge in [0.25, 0.3) is 0 Å². The molecule has 2 heterocycles. The molecule has 0 aromatic carbocycles. The van der Waals surface area contributed by atoms with Gasteiger partial charge in [0.15, 0.2) is 11.6 Å². The van der Waals surface area contributed by atoms with Crippen LogP contribution in [0.1, 0.15) is 6.92 Å². The van der Waals surface area contributed by atoms with Gasteiger partial charge in [-0.3, -0.25) is 5.43 Å². The lowest BCUT2D eigenvalue weighted by molar-refractivity contribution is 0.108. The van der Waals surface area contributed by atoms with Gasteiger partial charge in [0.1, 0.15) is 18.2 Å². The first kappa shape index (κ1) is 8.97. The third kappa shape index (κ3) is 1.22. The van der Waals surface area contributed by atoms with Crippen LogP contribution < -0.4 is 21.7 Å². The van der Waals surface area contributed by atoms with Crippen LogP contribution in [0.25, 0.3) is 0 Å². The van der Waals surface area contributed by atoms with E-state index < -0.39 is 0 Å². The average molecular weight is 196 g/mol. The SMILES string of the molecule is CO[C@H](C)N1NNc2c(N)ncnc21. The second kappa shape index (κ2) is 3.28. The zero-order valence-electron chi connectivity index (χ0n) is 7.98. The van der Waals surface area contributed by atoms with Crippen molar-refractivity contribution >= 4 is 17.3 Å². The Morgan fingerprint density at radius 3 is 3.07 bits per heavy atom. The molecule has 0 fully saturated rings. The smallest absolute Gasteiger partial charge is 0.177 e. The predicted molar refractivity (Wildman–Crippen MR) is 52.2 cm³/mol. The Labute approximate surface area is 81.2 Å². The Hall–Kier alpha value is -1.60. The van der Waals surface area contributed by atoms with Gasteiger partial charge in [0.2, 0.25) is 0 Å². The van der Waals surface area contributed by atoms with Gasteiger partial charge >= 0.3 is 0 Å². The van der Waals surface area contributed by atoms with Crippen LogP contribution in [0.2, 0.25) is 0 Å². The monoisotopic (exact) mass is 196 g/mol. The molecule has 0 unspecified atom stereocenters. The highest BCUT2D eigenvalue weighted by atomic mass is 16.5. The Morgan fingerprint density at radius 2 is 2.36 bits per heavy atom. The number of nitrogens with two attached hydrogens (primary N) is 1. The summed E-state index contributed by atoms with van der Waals surface area (Å²) in [6.07, 6.45) is 1.27. The van der Waals surface area contributed by atoms with E-state index >= 15 is 0 Å². The topological polar surface area (TPSA) is 88.3 Å². The van der Waals surface area contributed by atoms with Crippen LogP contribution in [0.4, 0.5) is 17.3 Å². The van der Waals surface area contributed by atoms with Gasteiger partial charge in [-0.05, 0) is 6.92 Å². The maximum Gasteiger partial charge on any atom is 0.177 e. The zero-order valence-corrected chi connectivity index (χ0v) is 7.98. The van der Waals surface area contributed by atoms with Crippen molar-refractivity contribution in [3.63, 3.8) is 0 Å². The predicted octanol–water partition coefficient (Wildman–Crippen LogP) is -0.297. The molecule has 0 saturated carbocycles. The van der Waals surface area contributed by atoms with Gasteiger partial charge in [-0.15, -0.1) is 5.53 Å². The molecule has 7 heteroatoms. The van der Waals surface area contributed by atoms with Crippen molar-refractivity contribution in [3.05, 3.63) is 6.33 Å². The largest absolute Gasteiger partial charge is 0.382 e. The van der Waals surface area contributed by atoms with Crippen LogP contribution >= 0.6 is 0 Å². The summed E-state index contributed by atoms with van der Waals surface area (Å²) in [7, 11) is 1.62. The molecule has 0 saturated heterocycles. The number of ether oxygens (including phenoxy) is 1. The fourth-order valence-corrected chi connectivity index (χ4v) is 1.23. The lowest BCUT2D eigenvalue weighted by atomic mass is 10.4. The molecule has 1 aromatic rings. The number of anilines is 3. The van der Waals surface area contributed by atoms with Gasteiger partial charge in [0, 0.05) is 7.11 Å². The molecule has 0 amide bonds. The summed E-state index contributed by atoms with van der Waals surface area (Å²) in [6.45, 7) is 1.89. The van der Waals surface area contributed by atoms with E-state index in [1.54, 1.807) is 12.1 Å². The zero-order chi connectivity index (χ0) is 10.1. The molecule has 1 aromatic heterocycles. The molecule has 7 nitrogen and oxygen atoms in total. The highest BCUT2D eigenvalue weighted by Gasteiger charge is 2.26. The summed E-state index contributed by atoms with van der Waals surface area (Å²) in [5.41, 5.74) is 12.1. The second-order valence-electron chi connectivity index (χ2n) is 2.90. The minimum Gasteiger partial charge on any atom is -0.382 e. The van der Waals surface area contributed by atoms with Gasteiger partial charge in [-0.25, -0.2) is 15.0 Å². The van der Waals surface area contributed by atoms with Crippen LogP contribution in [-0.4, -0.2) is 23.3 Å². The van der Waals surface area contributed by atoms with E-state index in [0.29, 0.717) is 17.3 Å². The molecular weight excluding hydrogens is 184 g/mol. The molecule has 1 aliphatic rings. The molecule has 2 rings (SSSR count). The average Bonchev–Trinajstić information content (AvgIpc) is 2.62. The van der Waals surface area contributed by atoms with Crippen LogP contribution in [-0.2, 0) is 4.74 Å². The van der Waals surface area contributed by atoms with Gasteiger partial charge in [-0.2, -0.15) is 0 Å².